The lowest BCUT2D eigenvalue weighted by Crippen LogP contribution is -2.08. The highest BCUT2D eigenvalue weighted by molar-refractivity contribution is 7.66. The van der Waals surface area contributed by atoms with Gasteiger partial charge in [0.2, 0.25) is 0 Å². The summed E-state index contributed by atoms with van der Waals surface area (Å²) in [4.78, 5) is 12.7. The molecule has 3 heteroatoms. The molecule has 0 aliphatic heterocycles. The molecule has 0 aliphatic rings. The van der Waals surface area contributed by atoms with Crippen LogP contribution in [0, 0.1) is 26.7 Å². The molecule has 128 valence electrons. The normalized spacial score (nSPS) is 11.4. The summed E-state index contributed by atoms with van der Waals surface area (Å²) in [6.45, 7) is 11.2. The quantitative estimate of drug-likeness (QED) is 0.648. The van der Waals surface area contributed by atoms with Crippen LogP contribution in [0.3, 0.4) is 0 Å². The van der Waals surface area contributed by atoms with E-state index >= 15 is 0 Å². The predicted octanol–water partition coefficient (Wildman–Crippen LogP) is 5.18. The lowest BCUT2D eigenvalue weighted by atomic mass is 10.0. The zero-order valence-electron chi connectivity index (χ0n) is 15.3. The third-order valence-electron chi connectivity index (χ3n) is 4.12. The van der Waals surface area contributed by atoms with E-state index in [1.54, 1.807) is 0 Å². The average molecular weight is 342 g/mol. The molecule has 0 saturated heterocycles. The molecule has 0 amide bonds. The summed E-state index contributed by atoms with van der Waals surface area (Å²) in [6, 6.07) is 12.1. The fourth-order valence-corrected chi connectivity index (χ4v) is 3.84. The molecule has 2 rings (SSSR count). The summed E-state index contributed by atoms with van der Waals surface area (Å²) in [7, 11) is 0.148. The highest BCUT2D eigenvalue weighted by Gasteiger charge is 2.14. The Morgan fingerprint density at radius 1 is 1.04 bits per heavy atom. The number of hydrogen-bond acceptors (Lipinski definition) is 2. The molecule has 0 fully saturated rings. The molecule has 0 radical (unpaired) electrons. The van der Waals surface area contributed by atoms with E-state index in [4.69, 9.17) is 4.74 Å². The van der Waals surface area contributed by atoms with Crippen LogP contribution in [0.15, 0.2) is 36.4 Å². The minimum Gasteiger partial charge on any atom is -0.494 e. The summed E-state index contributed by atoms with van der Waals surface area (Å²) in [5.41, 5.74) is 4.31. The van der Waals surface area contributed by atoms with Crippen LogP contribution >= 0.6 is 8.58 Å². The van der Waals surface area contributed by atoms with Crippen molar-refractivity contribution in [2.45, 2.75) is 41.0 Å². The molecule has 0 aromatic heterocycles. The monoisotopic (exact) mass is 342 g/mol. The van der Waals surface area contributed by atoms with Gasteiger partial charge in [-0.25, -0.2) is 0 Å². The molecule has 0 spiro atoms. The van der Waals surface area contributed by atoms with Gasteiger partial charge in [-0.1, -0.05) is 38.1 Å². The first-order valence-electron chi connectivity index (χ1n) is 8.49. The van der Waals surface area contributed by atoms with E-state index in [0.29, 0.717) is 5.92 Å². The number of carbonyl (C=O) groups excluding carboxylic acids is 1. The van der Waals surface area contributed by atoms with Crippen molar-refractivity contribution in [3.8, 4) is 5.75 Å². The smallest absolute Gasteiger partial charge is 0.186 e. The first-order chi connectivity index (χ1) is 11.4. The Bertz CT molecular complexity index is 700. The van der Waals surface area contributed by atoms with Gasteiger partial charge in [-0.05, 0) is 75.8 Å². The van der Waals surface area contributed by atoms with E-state index in [0.717, 1.165) is 46.3 Å². The zero-order valence-corrected chi connectivity index (χ0v) is 16.3. The van der Waals surface area contributed by atoms with Crippen molar-refractivity contribution in [3.05, 3.63) is 58.7 Å². The molecular weight excluding hydrogens is 315 g/mol. The predicted molar refractivity (Wildman–Crippen MR) is 104 cm³/mol. The van der Waals surface area contributed by atoms with E-state index in [-0.39, 0.29) is 14.1 Å². The van der Waals surface area contributed by atoms with Crippen LogP contribution in [0.1, 0.15) is 47.3 Å². The molecule has 24 heavy (non-hydrogen) atoms. The summed E-state index contributed by atoms with van der Waals surface area (Å²) in [6.07, 6.45) is 1.05. The van der Waals surface area contributed by atoms with Crippen molar-refractivity contribution >= 4 is 19.4 Å². The Morgan fingerprint density at radius 3 is 2.29 bits per heavy atom. The molecule has 0 N–H and O–H groups in total. The molecule has 0 aliphatic carbocycles. The highest BCUT2D eigenvalue weighted by atomic mass is 31.1. The Balaban J connectivity index is 2.09. The standard InChI is InChI=1S/C21H27O2P/c1-14(2)11-12-23-18-9-10-19(17(5)13-18)24-21(22)20-15(3)7-6-8-16(20)4/h6-10,13-14,24H,11-12H2,1-5H3. The second kappa shape index (κ2) is 8.44. The van der Waals surface area contributed by atoms with Gasteiger partial charge in [0, 0.05) is 5.56 Å². The average Bonchev–Trinajstić information content (AvgIpc) is 2.49. The highest BCUT2D eigenvalue weighted by Crippen LogP contribution is 2.26. The van der Waals surface area contributed by atoms with Crippen LogP contribution in [0.25, 0.3) is 0 Å². The fraction of sp³-hybridized carbons (Fsp3) is 0.381. The third kappa shape index (κ3) is 4.92. The number of ether oxygens (including phenoxy) is 1. The van der Waals surface area contributed by atoms with Crippen LogP contribution in [-0.4, -0.2) is 12.1 Å². The van der Waals surface area contributed by atoms with Gasteiger partial charge in [0.1, 0.15) is 5.75 Å². The maximum absolute atomic E-state index is 12.7. The molecule has 1 atom stereocenters. The summed E-state index contributed by atoms with van der Waals surface area (Å²) in [5, 5.41) is 1.10. The molecular formula is C21H27O2P. The molecule has 0 saturated carbocycles. The molecule has 2 nitrogen and oxygen atoms in total. The minimum atomic E-state index is 0.148. The number of carbonyl (C=O) groups is 1. The second-order valence-corrected chi connectivity index (χ2v) is 7.97. The number of benzene rings is 2. The lowest BCUT2D eigenvalue weighted by molar-refractivity contribution is 0.108. The Labute approximate surface area is 147 Å². The van der Waals surface area contributed by atoms with Crippen molar-refractivity contribution in [1.82, 2.24) is 0 Å². The Kier molecular flexibility index (Phi) is 6.57. The first kappa shape index (κ1) is 18.7. The summed E-state index contributed by atoms with van der Waals surface area (Å²) < 4.78 is 5.80. The van der Waals surface area contributed by atoms with E-state index < -0.39 is 0 Å². The number of aryl methyl sites for hydroxylation is 3. The van der Waals surface area contributed by atoms with Crippen LogP contribution in [-0.2, 0) is 0 Å². The van der Waals surface area contributed by atoms with Crippen molar-refractivity contribution in [3.63, 3.8) is 0 Å². The van der Waals surface area contributed by atoms with Crippen LogP contribution < -0.4 is 10.0 Å². The second-order valence-electron chi connectivity index (χ2n) is 6.73. The molecule has 0 bridgehead atoms. The Morgan fingerprint density at radius 2 is 1.71 bits per heavy atom. The third-order valence-corrected chi connectivity index (χ3v) is 5.43. The molecule has 0 heterocycles. The van der Waals surface area contributed by atoms with E-state index in [9.17, 15) is 4.79 Å². The van der Waals surface area contributed by atoms with Crippen molar-refractivity contribution in [2.24, 2.45) is 5.92 Å². The summed E-state index contributed by atoms with van der Waals surface area (Å²) in [5.74, 6) is 1.53. The SMILES string of the molecule is Cc1cc(OCCC(C)C)ccc1PC(=O)c1c(C)cccc1C. The number of rotatable bonds is 7. The van der Waals surface area contributed by atoms with Crippen molar-refractivity contribution < 1.29 is 9.53 Å². The van der Waals surface area contributed by atoms with Gasteiger partial charge in [-0.3, -0.25) is 4.79 Å². The first-order valence-corrected chi connectivity index (χ1v) is 9.49. The maximum Gasteiger partial charge on any atom is 0.186 e. The van der Waals surface area contributed by atoms with E-state index in [1.807, 2.05) is 50.2 Å². The van der Waals surface area contributed by atoms with Gasteiger partial charge in [0.15, 0.2) is 5.52 Å². The van der Waals surface area contributed by atoms with Gasteiger partial charge in [-0.15, -0.1) is 0 Å². The van der Waals surface area contributed by atoms with Gasteiger partial charge in [0.25, 0.3) is 0 Å². The van der Waals surface area contributed by atoms with Crippen LogP contribution in [0.2, 0.25) is 0 Å². The number of hydrogen-bond donors (Lipinski definition) is 0. The molecule has 1 unspecified atom stereocenters. The van der Waals surface area contributed by atoms with Crippen LogP contribution in [0.4, 0.5) is 0 Å². The van der Waals surface area contributed by atoms with Gasteiger partial charge in [0.05, 0.1) is 6.61 Å². The van der Waals surface area contributed by atoms with Crippen molar-refractivity contribution in [1.29, 1.82) is 0 Å². The topological polar surface area (TPSA) is 26.3 Å². The summed E-state index contributed by atoms with van der Waals surface area (Å²) >= 11 is 0. The lowest BCUT2D eigenvalue weighted by Gasteiger charge is -2.12. The van der Waals surface area contributed by atoms with Gasteiger partial charge in [-0.2, -0.15) is 0 Å². The van der Waals surface area contributed by atoms with E-state index in [1.165, 1.54) is 0 Å². The van der Waals surface area contributed by atoms with Gasteiger partial charge < -0.3 is 4.74 Å². The van der Waals surface area contributed by atoms with Crippen molar-refractivity contribution in [2.75, 3.05) is 6.61 Å². The minimum absolute atomic E-state index is 0.148. The largest absolute Gasteiger partial charge is 0.494 e. The molecule has 2 aromatic carbocycles. The maximum atomic E-state index is 12.7. The zero-order chi connectivity index (χ0) is 17.7. The van der Waals surface area contributed by atoms with Gasteiger partial charge >= 0.3 is 0 Å². The van der Waals surface area contributed by atoms with E-state index in [2.05, 4.69) is 20.8 Å². The molecule has 2 aromatic rings. The van der Waals surface area contributed by atoms with Crippen LogP contribution in [0.5, 0.6) is 5.75 Å². The fourth-order valence-electron chi connectivity index (χ4n) is 2.64. The Hall–Kier alpha value is -1.66.